The van der Waals surface area contributed by atoms with Crippen LogP contribution in [0.4, 0.5) is 5.13 Å². The molecule has 0 amide bonds. The van der Waals surface area contributed by atoms with Crippen LogP contribution in [0.15, 0.2) is 18.6 Å². The number of aromatic amines is 1. The van der Waals surface area contributed by atoms with Crippen molar-refractivity contribution < 1.29 is 5.11 Å². The third-order valence-corrected chi connectivity index (χ3v) is 7.38. The Morgan fingerprint density at radius 3 is 2.79 bits per heavy atom. The number of hydrogen-bond acceptors (Lipinski definition) is 7. The summed E-state index contributed by atoms with van der Waals surface area (Å²) in [5.41, 5.74) is 5.86. The highest BCUT2D eigenvalue weighted by atomic mass is 32.1. The molecule has 0 spiro atoms. The Morgan fingerprint density at radius 2 is 2.09 bits per heavy atom. The minimum absolute atomic E-state index is 0.330. The van der Waals surface area contributed by atoms with E-state index in [9.17, 15) is 5.11 Å². The molecule has 1 aliphatic heterocycles. The zero-order chi connectivity index (χ0) is 23.5. The van der Waals surface area contributed by atoms with Gasteiger partial charge in [-0.1, -0.05) is 25.2 Å². The van der Waals surface area contributed by atoms with E-state index < -0.39 is 5.60 Å². The Labute approximate surface area is 198 Å². The SMILES string of the molecule is Cc1cc(-c2[nH]c3sc(N4CCN(CC(C)(C)O)C[C@H]4C)nc3c2C(C)C)cn2ncnc12. The summed E-state index contributed by atoms with van der Waals surface area (Å²) in [6.45, 7) is 16.0. The van der Waals surface area contributed by atoms with Gasteiger partial charge in [0, 0.05) is 49.5 Å². The molecule has 5 rings (SSSR count). The van der Waals surface area contributed by atoms with E-state index in [-0.39, 0.29) is 0 Å². The average molecular weight is 468 g/mol. The number of pyridine rings is 1. The van der Waals surface area contributed by atoms with Crippen LogP contribution < -0.4 is 4.90 Å². The molecule has 176 valence electrons. The van der Waals surface area contributed by atoms with Crippen LogP contribution in [0.25, 0.3) is 27.3 Å². The second kappa shape index (κ2) is 8.07. The molecule has 0 radical (unpaired) electrons. The number of piperazine rings is 1. The van der Waals surface area contributed by atoms with E-state index in [1.165, 1.54) is 5.56 Å². The van der Waals surface area contributed by atoms with Gasteiger partial charge in [-0.2, -0.15) is 5.10 Å². The number of nitrogens with one attached hydrogen (secondary N) is 1. The van der Waals surface area contributed by atoms with Crippen molar-refractivity contribution in [2.24, 2.45) is 0 Å². The predicted octanol–water partition coefficient (Wildman–Crippen LogP) is 4.05. The van der Waals surface area contributed by atoms with Gasteiger partial charge in [-0.25, -0.2) is 14.5 Å². The first-order chi connectivity index (χ1) is 15.6. The lowest BCUT2D eigenvalue weighted by molar-refractivity contribution is 0.0308. The Balaban J connectivity index is 1.48. The Bertz CT molecular complexity index is 1300. The predicted molar refractivity (Wildman–Crippen MR) is 134 cm³/mol. The second-order valence-corrected chi connectivity index (χ2v) is 11.3. The van der Waals surface area contributed by atoms with Crippen LogP contribution in [0.5, 0.6) is 0 Å². The summed E-state index contributed by atoms with van der Waals surface area (Å²) in [6.07, 6.45) is 3.64. The quantitative estimate of drug-likeness (QED) is 0.461. The zero-order valence-corrected chi connectivity index (χ0v) is 21.1. The van der Waals surface area contributed by atoms with Crippen LogP contribution in [0.1, 0.15) is 51.7 Å². The lowest BCUT2D eigenvalue weighted by Gasteiger charge is -2.41. The van der Waals surface area contributed by atoms with Crippen LogP contribution >= 0.6 is 11.3 Å². The van der Waals surface area contributed by atoms with Gasteiger partial charge in [-0.3, -0.25) is 4.90 Å². The highest BCUT2D eigenvalue weighted by molar-refractivity contribution is 7.21. The molecule has 1 saturated heterocycles. The Kier molecular flexibility index (Phi) is 5.46. The summed E-state index contributed by atoms with van der Waals surface area (Å²) in [5.74, 6) is 0.330. The largest absolute Gasteiger partial charge is 0.389 e. The van der Waals surface area contributed by atoms with Crippen LogP contribution in [0.2, 0.25) is 0 Å². The first kappa shape index (κ1) is 22.3. The van der Waals surface area contributed by atoms with Crippen molar-refractivity contribution in [2.45, 2.75) is 59.1 Å². The molecule has 8 nitrogen and oxygen atoms in total. The minimum Gasteiger partial charge on any atom is -0.389 e. The molecular formula is C24H33N7OS. The number of rotatable bonds is 5. The van der Waals surface area contributed by atoms with Crippen molar-refractivity contribution in [3.05, 3.63) is 29.7 Å². The lowest BCUT2D eigenvalue weighted by atomic mass is 9.99. The average Bonchev–Trinajstić information content (AvgIpc) is 3.40. The summed E-state index contributed by atoms with van der Waals surface area (Å²) in [4.78, 5) is 19.0. The lowest BCUT2D eigenvalue weighted by Crippen LogP contribution is -2.54. The van der Waals surface area contributed by atoms with Gasteiger partial charge >= 0.3 is 0 Å². The van der Waals surface area contributed by atoms with E-state index in [2.05, 4.69) is 58.6 Å². The number of β-amino-alcohol motifs (C(OH)–C–C–N with tert-alkyl or cyclic N) is 1. The molecule has 33 heavy (non-hydrogen) atoms. The van der Waals surface area contributed by atoms with E-state index in [0.29, 0.717) is 18.5 Å². The molecule has 1 aliphatic rings. The highest BCUT2D eigenvalue weighted by Crippen LogP contribution is 2.40. The van der Waals surface area contributed by atoms with E-state index in [1.807, 2.05) is 24.6 Å². The van der Waals surface area contributed by atoms with Gasteiger partial charge in [-0.15, -0.1) is 0 Å². The van der Waals surface area contributed by atoms with Crippen molar-refractivity contribution in [3.8, 4) is 11.3 Å². The maximum absolute atomic E-state index is 10.2. The smallest absolute Gasteiger partial charge is 0.188 e. The minimum atomic E-state index is -0.671. The van der Waals surface area contributed by atoms with Crippen molar-refractivity contribution >= 4 is 32.5 Å². The number of aliphatic hydroxyl groups is 1. The molecule has 5 heterocycles. The third kappa shape index (κ3) is 4.13. The fraction of sp³-hybridized carbons (Fsp3) is 0.542. The number of anilines is 1. The number of aryl methyl sites for hydroxylation is 1. The monoisotopic (exact) mass is 467 g/mol. The van der Waals surface area contributed by atoms with Crippen molar-refractivity contribution in [1.82, 2.24) is 29.5 Å². The number of aromatic nitrogens is 5. The molecule has 0 unspecified atom stereocenters. The van der Waals surface area contributed by atoms with Crippen molar-refractivity contribution in [2.75, 3.05) is 31.1 Å². The van der Waals surface area contributed by atoms with Gasteiger partial charge in [-0.05, 0) is 45.2 Å². The number of thiazole rings is 1. The summed E-state index contributed by atoms with van der Waals surface area (Å²) in [5, 5.41) is 15.6. The third-order valence-electron chi connectivity index (χ3n) is 6.37. The molecule has 0 bridgehead atoms. The van der Waals surface area contributed by atoms with Gasteiger partial charge in [0.1, 0.15) is 16.7 Å². The number of H-pyrrole nitrogens is 1. The van der Waals surface area contributed by atoms with E-state index in [1.54, 1.807) is 17.7 Å². The standard InChI is InChI=1S/C24H33N7OS/c1-14(2)18-19(17-9-15(3)21-25-13-26-31(21)11-17)27-22-20(18)28-23(33-22)30-8-7-29(10-16(30)4)12-24(5,6)32/h9,11,13-14,16,27,32H,7-8,10,12H2,1-6H3/t16-/m1/s1. The van der Waals surface area contributed by atoms with Gasteiger partial charge in [0.05, 0.1) is 11.3 Å². The first-order valence-electron chi connectivity index (χ1n) is 11.6. The van der Waals surface area contributed by atoms with Gasteiger partial charge < -0.3 is 15.0 Å². The fourth-order valence-corrected chi connectivity index (χ4v) is 6.14. The summed E-state index contributed by atoms with van der Waals surface area (Å²) in [6, 6.07) is 2.52. The van der Waals surface area contributed by atoms with Crippen LogP contribution in [0.3, 0.4) is 0 Å². The molecule has 1 atom stereocenters. The number of hydrogen-bond donors (Lipinski definition) is 2. The second-order valence-electron chi connectivity index (χ2n) is 10.3. The summed E-state index contributed by atoms with van der Waals surface area (Å²) >= 11 is 1.74. The molecule has 0 saturated carbocycles. The van der Waals surface area contributed by atoms with Gasteiger partial charge in [0.25, 0.3) is 0 Å². The van der Waals surface area contributed by atoms with Crippen LogP contribution in [-0.4, -0.2) is 72.4 Å². The molecule has 0 aliphatic carbocycles. The summed E-state index contributed by atoms with van der Waals surface area (Å²) in [7, 11) is 0. The van der Waals surface area contributed by atoms with E-state index in [4.69, 9.17) is 4.98 Å². The van der Waals surface area contributed by atoms with Crippen LogP contribution in [-0.2, 0) is 0 Å². The maximum Gasteiger partial charge on any atom is 0.188 e. The molecule has 1 fully saturated rings. The normalized spacial score (nSPS) is 18.3. The van der Waals surface area contributed by atoms with E-state index >= 15 is 0 Å². The zero-order valence-electron chi connectivity index (χ0n) is 20.3. The van der Waals surface area contributed by atoms with Crippen molar-refractivity contribution in [3.63, 3.8) is 0 Å². The number of fused-ring (bicyclic) bond motifs is 2. The van der Waals surface area contributed by atoms with Crippen molar-refractivity contribution in [1.29, 1.82) is 0 Å². The Hall–Kier alpha value is -2.49. The summed E-state index contributed by atoms with van der Waals surface area (Å²) < 4.78 is 1.84. The van der Waals surface area contributed by atoms with Crippen LogP contribution in [0, 0.1) is 6.92 Å². The first-order valence-corrected chi connectivity index (χ1v) is 12.5. The maximum atomic E-state index is 10.2. The molecule has 0 aromatic carbocycles. The van der Waals surface area contributed by atoms with Gasteiger partial charge in [0.15, 0.2) is 10.8 Å². The molecule has 4 aromatic heterocycles. The highest BCUT2D eigenvalue weighted by Gasteiger charge is 2.30. The van der Waals surface area contributed by atoms with E-state index in [0.717, 1.165) is 57.6 Å². The van der Waals surface area contributed by atoms with Gasteiger partial charge in [0.2, 0.25) is 0 Å². The molecule has 9 heteroatoms. The topological polar surface area (TPSA) is 85.6 Å². The molecular weight excluding hydrogens is 434 g/mol. The fourth-order valence-electron chi connectivity index (χ4n) is 5.03. The molecule has 4 aromatic rings. The number of nitrogens with zero attached hydrogens (tertiary/aromatic N) is 6. The Morgan fingerprint density at radius 1 is 1.30 bits per heavy atom. The molecule has 2 N–H and O–H groups in total.